The Morgan fingerprint density at radius 3 is 2.75 bits per heavy atom. The van der Waals surface area contributed by atoms with Crippen molar-refractivity contribution in [2.24, 2.45) is 0 Å². The molecule has 0 aliphatic heterocycles. The Labute approximate surface area is 119 Å². The lowest BCUT2D eigenvalue weighted by molar-refractivity contribution is 0.373. The summed E-state index contributed by atoms with van der Waals surface area (Å²) in [6.45, 7) is 5.84. The second kappa shape index (κ2) is 6.91. The summed E-state index contributed by atoms with van der Waals surface area (Å²) in [5.74, 6) is 1.96. The van der Waals surface area contributed by atoms with Crippen molar-refractivity contribution in [1.29, 1.82) is 0 Å². The first-order valence-corrected chi connectivity index (χ1v) is 6.71. The van der Waals surface area contributed by atoms with Gasteiger partial charge in [0.05, 0.1) is 7.11 Å². The Morgan fingerprint density at radius 2 is 2.00 bits per heavy atom. The molecule has 0 atom stereocenters. The van der Waals surface area contributed by atoms with Crippen molar-refractivity contribution in [1.82, 2.24) is 10.3 Å². The zero-order valence-corrected chi connectivity index (χ0v) is 12.1. The molecule has 0 fully saturated rings. The number of hydrogen-bond donors (Lipinski definition) is 1. The highest BCUT2D eigenvalue weighted by Gasteiger charge is 2.07. The Bertz CT molecular complexity index is 570. The van der Waals surface area contributed by atoms with Gasteiger partial charge in [0.25, 0.3) is 0 Å². The fourth-order valence-electron chi connectivity index (χ4n) is 1.86. The van der Waals surface area contributed by atoms with Crippen molar-refractivity contribution < 1.29 is 9.47 Å². The van der Waals surface area contributed by atoms with Gasteiger partial charge in [-0.2, -0.15) is 0 Å². The number of pyridine rings is 1. The number of nitrogens with zero attached hydrogens (tertiary/aromatic N) is 1. The van der Waals surface area contributed by atoms with Crippen molar-refractivity contribution in [2.45, 2.75) is 20.4 Å². The van der Waals surface area contributed by atoms with E-state index in [1.807, 2.05) is 37.3 Å². The number of benzene rings is 1. The van der Waals surface area contributed by atoms with Crippen molar-refractivity contribution in [3.8, 4) is 17.4 Å². The molecule has 1 aromatic carbocycles. The van der Waals surface area contributed by atoms with Crippen molar-refractivity contribution in [2.75, 3.05) is 13.7 Å². The van der Waals surface area contributed by atoms with Crippen LogP contribution in [0.2, 0.25) is 0 Å². The van der Waals surface area contributed by atoms with E-state index in [1.54, 1.807) is 13.3 Å². The van der Waals surface area contributed by atoms with Crippen LogP contribution in [0.25, 0.3) is 0 Å². The Balaban J connectivity index is 2.17. The molecule has 1 N–H and O–H groups in total. The van der Waals surface area contributed by atoms with E-state index in [4.69, 9.17) is 9.47 Å². The van der Waals surface area contributed by atoms with E-state index in [0.717, 1.165) is 24.2 Å². The molecular weight excluding hydrogens is 252 g/mol. The number of nitrogens with one attached hydrogen (secondary N) is 1. The van der Waals surface area contributed by atoms with Gasteiger partial charge in [-0.3, -0.25) is 0 Å². The minimum Gasteiger partial charge on any atom is -0.493 e. The summed E-state index contributed by atoms with van der Waals surface area (Å²) in [6, 6.07) is 9.73. The Morgan fingerprint density at radius 1 is 1.15 bits per heavy atom. The maximum Gasteiger partial charge on any atom is 0.219 e. The number of ether oxygens (including phenoxy) is 2. The van der Waals surface area contributed by atoms with E-state index in [2.05, 4.69) is 17.2 Å². The zero-order valence-electron chi connectivity index (χ0n) is 12.1. The molecule has 2 aromatic rings. The van der Waals surface area contributed by atoms with Crippen LogP contribution in [-0.4, -0.2) is 18.6 Å². The summed E-state index contributed by atoms with van der Waals surface area (Å²) in [5, 5.41) is 3.28. The van der Waals surface area contributed by atoms with Crippen LogP contribution in [0.15, 0.2) is 36.5 Å². The van der Waals surface area contributed by atoms with E-state index >= 15 is 0 Å². The van der Waals surface area contributed by atoms with Crippen LogP contribution in [0, 0.1) is 6.92 Å². The van der Waals surface area contributed by atoms with Crippen molar-refractivity contribution >= 4 is 0 Å². The highest BCUT2D eigenvalue weighted by atomic mass is 16.5. The molecule has 0 radical (unpaired) electrons. The molecule has 0 saturated heterocycles. The lowest BCUT2D eigenvalue weighted by Gasteiger charge is -2.11. The minimum atomic E-state index is 0.572. The summed E-state index contributed by atoms with van der Waals surface area (Å²) in [4.78, 5) is 4.24. The molecule has 20 heavy (non-hydrogen) atoms. The highest BCUT2D eigenvalue weighted by molar-refractivity contribution is 5.44. The molecule has 0 unspecified atom stereocenters. The average Bonchev–Trinajstić information content (AvgIpc) is 2.47. The molecule has 0 aliphatic carbocycles. The molecule has 1 heterocycles. The van der Waals surface area contributed by atoms with E-state index in [0.29, 0.717) is 17.4 Å². The van der Waals surface area contributed by atoms with Crippen molar-refractivity contribution in [3.05, 3.63) is 47.7 Å². The van der Waals surface area contributed by atoms with Crippen LogP contribution in [-0.2, 0) is 6.54 Å². The summed E-state index contributed by atoms with van der Waals surface area (Å²) in [6.07, 6.45) is 1.75. The first-order chi connectivity index (χ1) is 9.72. The lowest BCUT2D eigenvalue weighted by atomic mass is 10.2. The van der Waals surface area contributed by atoms with Gasteiger partial charge in [-0.15, -0.1) is 0 Å². The Hall–Kier alpha value is -2.07. The van der Waals surface area contributed by atoms with Gasteiger partial charge in [-0.25, -0.2) is 4.98 Å². The molecule has 1 aromatic heterocycles. The molecular formula is C16H20N2O2. The molecule has 0 aliphatic rings. The summed E-state index contributed by atoms with van der Waals surface area (Å²) in [7, 11) is 1.64. The first kappa shape index (κ1) is 14.3. The van der Waals surface area contributed by atoms with E-state index in [1.165, 1.54) is 0 Å². The van der Waals surface area contributed by atoms with Crippen LogP contribution < -0.4 is 14.8 Å². The van der Waals surface area contributed by atoms with Gasteiger partial charge in [0.2, 0.25) is 5.88 Å². The molecule has 0 spiro atoms. The third kappa shape index (κ3) is 3.71. The molecule has 0 amide bonds. The number of hydrogen-bond acceptors (Lipinski definition) is 4. The topological polar surface area (TPSA) is 43.4 Å². The SMILES string of the molecule is CCNCc1ccnc(Oc2ccc(C)cc2OC)c1. The van der Waals surface area contributed by atoms with Crippen molar-refractivity contribution in [3.63, 3.8) is 0 Å². The molecule has 106 valence electrons. The monoisotopic (exact) mass is 272 g/mol. The van der Waals surface area contributed by atoms with Gasteiger partial charge in [-0.1, -0.05) is 13.0 Å². The van der Waals surface area contributed by atoms with Gasteiger partial charge < -0.3 is 14.8 Å². The quantitative estimate of drug-likeness (QED) is 0.876. The van der Waals surface area contributed by atoms with Gasteiger partial charge in [0, 0.05) is 18.8 Å². The third-order valence-corrected chi connectivity index (χ3v) is 2.91. The highest BCUT2D eigenvalue weighted by Crippen LogP contribution is 2.31. The van der Waals surface area contributed by atoms with Gasteiger partial charge in [0.15, 0.2) is 11.5 Å². The molecule has 0 bridgehead atoms. The number of methoxy groups -OCH3 is 1. The van der Waals surface area contributed by atoms with Crippen LogP contribution in [0.5, 0.6) is 17.4 Å². The lowest BCUT2D eigenvalue weighted by Crippen LogP contribution is -2.11. The average molecular weight is 272 g/mol. The summed E-state index contributed by atoms with van der Waals surface area (Å²) in [5.41, 5.74) is 2.27. The van der Waals surface area contributed by atoms with Gasteiger partial charge >= 0.3 is 0 Å². The molecule has 0 saturated carbocycles. The fraction of sp³-hybridized carbons (Fsp3) is 0.312. The number of rotatable bonds is 6. The fourth-order valence-corrected chi connectivity index (χ4v) is 1.86. The minimum absolute atomic E-state index is 0.572. The van der Waals surface area contributed by atoms with Crippen LogP contribution >= 0.6 is 0 Å². The third-order valence-electron chi connectivity index (χ3n) is 2.91. The van der Waals surface area contributed by atoms with E-state index in [9.17, 15) is 0 Å². The number of aryl methyl sites for hydroxylation is 1. The predicted octanol–water partition coefficient (Wildman–Crippen LogP) is 3.30. The van der Waals surface area contributed by atoms with Crippen LogP contribution in [0.1, 0.15) is 18.1 Å². The standard InChI is InChI=1S/C16H20N2O2/c1-4-17-11-13-7-8-18-16(10-13)20-14-6-5-12(2)9-15(14)19-3/h5-10,17H,4,11H2,1-3H3. The molecule has 2 rings (SSSR count). The molecule has 4 heteroatoms. The predicted molar refractivity (Wildman–Crippen MR) is 79.4 cm³/mol. The van der Waals surface area contributed by atoms with E-state index < -0.39 is 0 Å². The smallest absolute Gasteiger partial charge is 0.219 e. The number of aromatic nitrogens is 1. The maximum absolute atomic E-state index is 5.81. The second-order valence-electron chi connectivity index (χ2n) is 4.54. The zero-order chi connectivity index (χ0) is 14.4. The maximum atomic E-state index is 5.81. The Kier molecular flexibility index (Phi) is 4.96. The van der Waals surface area contributed by atoms with Crippen LogP contribution in [0.3, 0.4) is 0 Å². The van der Waals surface area contributed by atoms with Gasteiger partial charge in [-0.05, 0) is 42.8 Å². The summed E-state index contributed by atoms with van der Waals surface area (Å²) < 4.78 is 11.1. The second-order valence-corrected chi connectivity index (χ2v) is 4.54. The largest absolute Gasteiger partial charge is 0.493 e. The van der Waals surface area contributed by atoms with Crippen LogP contribution in [0.4, 0.5) is 0 Å². The molecule has 4 nitrogen and oxygen atoms in total. The van der Waals surface area contributed by atoms with E-state index in [-0.39, 0.29) is 0 Å². The summed E-state index contributed by atoms with van der Waals surface area (Å²) >= 11 is 0. The normalized spacial score (nSPS) is 10.3. The van der Waals surface area contributed by atoms with Gasteiger partial charge in [0.1, 0.15) is 0 Å². The first-order valence-electron chi connectivity index (χ1n) is 6.71.